The number of hydrogen-bond donors (Lipinski definition) is 2. The minimum absolute atomic E-state index is 0.000645. The maximum absolute atomic E-state index is 12.9. The molecule has 9 heteroatoms. The topological polar surface area (TPSA) is 78.0 Å². The molecule has 2 N–H and O–H groups in total. The van der Waals surface area contributed by atoms with Crippen molar-refractivity contribution in [2.45, 2.75) is 44.4 Å². The van der Waals surface area contributed by atoms with Crippen molar-refractivity contribution < 1.29 is 19.4 Å². The van der Waals surface area contributed by atoms with Crippen molar-refractivity contribution >= 4 is 40.1 Å². The van der Waals surface area contributed by atoms with Gasteiger partial charge in [0.15, 0.2) is 0 Å². The molecule has 3 unspecified atom stereocenters. The summed E-state index contributed by atoms with van der Waals surface area (Å²) in [5.41, 5.74) is 1.81. The second-order valence-corrected chi connectivity index (χ2v) is 11.3. The lowest BCUT2D eigenvalue weighted by Gasteiger charge is -2.46. The lowest BCUT2D eigenvalue weighted by atomic mass is 9.69. The third-order valence-corrected chi connectivity index (χ3v) is 8.19. The Kier molecular flexibility index (Phi) is 8.95. The van der Waals surface area contributed by atoms with Crippen LogP contribution in [-0.2, 0) is 16.9 Å². The number of carbonyl (C=O) groups is 1. The van der Waals surface area contributed by atoms with Crippen LogP contribution >= 0.6 is 23.2 Å². The molecule has 0 bridgehead atoms. The zero-order chi connectivity index (χ0) is 27.6. The summed E-state index contributed by atoms with van der Waals surface area (Å²) in [5.74, 6) is 0.322. The van der Waals surface area contributed by atoms with E-state index in [9.17, 15) is 9.90 Å². The number of nitrogens with zero attached hydrogens (tertiary/aromatic N) is 2. The molecule has 1 aromatic heterocycles. The quantitative estimate of drug-likeness (QED) is 0.326. The third-order valence-electron chi connectivity index (χ3n) is 7.67. The molecule has 0 spiro atoms. The average molecular weight is 563 g/mol. The number of aromatic nitrogens is 1. The second-order valence-electron chi connectivity index (χ2n) is 10.5. The van der Waals surface area contributed by atoms with Gasteiger partial charge in [0.05, 0.1) is 24.3 Å². The molecule has 3 atom stereocenters. The first kappa shape index (κ1) is 28.7. The third kappa shape index (κ3) is 5.82. The van der Waals surface area contributed by atoms with Gasteiger partial charge in [-0.2, -0.15) is 0 Å². The fraction of sp³-hybridized carbons (Fsp3) is 0.483. The molecule has 3 aromatic rings. The van der Waals surface area contributed by atoms with Gasteiger partial charge in [-0.1, -0.05) is 35.3 Å². The molecular weight excluding hydrogens is 525 g/mol. The Bertz CT molecular complexity index is 1290. The molecular formula is C29H37Cl2N3O4. The van der Waals surface area contributed by atoms with Gasteiger partial charge in [-0.15, -0.1) is 0 Å². The fourth-order valence-corrected chi connectivity index (χ4v) is 6.41. The summed E-state index contributed by atoms with van der Waals surface area (Å²) in [6, 6.07) is 11.4. The highest BCUT2D eigenvalue weighted by Gasteiger charge is 2.44. The Labute approximate surface area is 234 Å². The van der Waals surface area contributed by atoms with Gasteiger partial charge >= 0.3 is 5.97 Å². The van der Waals surface area contributed by atoms with Gasteiger partial charge in [-0.25, -0.2) is 4.79 Å². The molecule has 0 saturated heterocycles. The lowest BCUT2D eigenvalue weighted by molar-refractivity contribution is -0.0811. The number of H-pyrrole nitrogens is 1. The van der Waals surface area contributed by atoms with Crippen LogP contribution < -0.4 is 4.74 Å². The Hall–Kier alpha value is -2.29. The molecule has 0 radical (unpaired) electrons. The first-order valence-corrected chi connectivity index (χ1v) is 13.7. The summed E-state index contributed by atoms with van der Waals surface area (Å²) >= 11 is 12.9. The Balaban J connectivity index is 1.64. The lowest BCUT2D eigenvalue weighted by Crippen LogP contribution is -2.49. The van der Waals surface area contributed by atoms with E-state index in [2.05, 4.69) is 21.8 Å². The molecule has 1 saturated carbocycles. The molecule has 206 valence electrons. The van der Waals surface area contributed by atoms with Crippen molar-refractivity contribution in [3.63, 3.8) is 0 Å². The number of esters is 1. The Morgan fingerprint density at radius 3 is 2.66 bits per heavy atom. The van der Waals surface area contributed by atoms with Gasteiger partial charge in [0, 0.05) is 46.5 Å². The number of methoxy groups -OCH3 is 1. The normalized spacial score (nSPS) is 21.8. The zero-order valence-electron chi connectivity index (χ0n) is 22.7. The van der Waals surface area contributed by atoms with E-state index >= 15 is 0 Å². The highest BCUT2D eigenvalue weighted by Crippen LogP contribution is 2.44. The monoisotopic (exact) mass is 561 g/mol. The van der Waals surface area contributed by atoms with E-state index in [0.717, 1.165) is 41.6 Å². The number of nitrogens with one attached hydrogen (secondary N) is 1. The van der Waals surface area contributed by atoms with E-state index in [1.807, 2.05) is 38.4 Å². The average Bonchev–Trinajstić information content (AvgIpc) is 3.23. The highest BCUT2D eigenvalue weighted by atomic mass is 35.5. The molecule has 1 fully saturated rings. The summed E-state index contributed by atoms with van der Waals surface area (Å²) < 4.78 is 10.8. The minimum Gasteiger partial charge on any atom is -0.497 e. The van der Waals surface area contributed by atoms with E-state index in [0.29, 0.717) is 34.2 Å². The van der Waals surface area contributed by atoms with Crippen molar-refractivity contribution in [1.29, 1.82) is 0 Å². The molecule has 7 nitrogen and oxygen atoms in total. The first-order valence-electron chi connectivity index (χ1n) is 13.0. The standard InChI is InChI=1S/C29H37Cl2N3O4/c1-6-38-28(35)27-23(26-24(31)14-20(30)15-25(26)32-27)17-34(4)21-10-11-29(36,19(12-21)16-33(2)3)18-8-7-9-22(13-18)37-5/h7-9,13-15,19,21,32,36H,6,10-12,16-17H2,1-5H3. The summed E-state index contributed by atoms with van der Waals surface area (Å²) in [4.78, 5) is 20.4. The van der Waals surface area contributed by atoms with E-state index in [-0.39, 0.29) is 18.6 Å². The smallest absolute Gasteiger partial charge is 0.355 e. The first-order chi connectivity index (χ1) is 18.1. The van der Waals surface area contributed by atoms with Crippen LogP contribution in [0.3, 0.4) is 0 Å². The number of carbonyl (C=O) groups excluding carboxylic acids is 1. The number of fused-ring (bicyclic) bond motifs is 1. The van der Waals surface area contributed by atoms with E-state index in [1.54, 1.807) is 26.2 Å². The number of rotatable bonds is 9. The molecule has 0 amide bonds. The van der Waals surface area contributed by atoms with Crippen LogP contribution in [0, 0.1) is 5.92 Å². The maximum Gasteiger partial charge on any atom is 0.355 e. The molecule has 4 rings (SSSR count). The van der Waals surface area contributed by atoms with Gasteiger partial charge in [0.2, 0.25) is 0 Å². The molecule has 38 heavy (non-hydrogen) atoms. The minimum atomic E-state index is -0.965. The SMILES string of the molecule is CCOC(=O)c1[nH]c2cc(Cl)cc(Cl)c2c1CN(C)C1CCC(O)(c2cccc(OC)c2)C(CN(C)C)C1. The number of ether oxygens (including phenoxy) is 2. The van der Waals surface area contributed by atoms with E-state index < -0.39 is 11.6 Å². The molecule has 1 aliphatic carbocycles. The van der Waals surface area contributed by atoms with Crippen molar-refractivity contribution in [1.82, 2.24) is 14.8 Å². The van der Waals surface area contributed by atoms with Gasteiger partial charge < -0.3 is 24.5 Å². The largest absolute Gasteiger partial charge is 0.497 e. The number of hydrogen-bond acceptors (Lipinski definition) is 6. The van der Waals surface area contributed by atoms with Crippen molar-refractivity contribution in [3.8, 4) is 5.75 Å². The Morgan fingerprint density at radius 1 is 1.21 bits per heavy atom. The summed E-state index contributed by atoms with van der Waals surface area (Å²) in [6.07, 6.45) is 2.20. The number of aromatic amines is 1. The van der Waals surface area contributed by atoms with Gasteiger partial charge in [0.25, 0.3) is 0 Å². The number of benzene rings is 2. The van der Waals surface area contributed by atoms with Crippen molar-refractivity contribution in [3.05, 3.63) is 63.3 Å². The number of aliphatic hydroxyl groups is 1. The molecule has 2 aromatic carbocycles. The van der Waals surface area contributed by atoms with E-state index in [1.165, 1.54) is 0 Å². The van der Waals surface area contributed by atoms with Crippen LogP contribution in [0.1, 0.15) is 47.8 Å². The summed E-state index contributed by atoms with van der Waals surface area (Å²) in [6.45, 7) is 3.29. The summed E-state index contributed by atoms with van der Waals surface area (Å²) in [5, 5.41) is 13.8. The maximum atomic E-state index is 12.9. The molecule has 0 aliphatic heterocycles. The predicted molar refractivity (Wildman–Crippen MR) is 152 cm³/mol. The fourth-order valence-electron chi connectivity index (χ4n) is 5.80. The molecule has 1 aliphatic rings. The number of halogens is 2. The molecule has 1 heterocycles. The second kappa shape index (κ2) is 11.8. The van der Waals surface area contributed by atoms with Crippen LogP contribution in [0.15, 0.2) is 36.4 Å². The van der Waals surface area contributed by atoms with Crippen molar-refractivity contribution in [2.24, 2.45) is 5.92 Å². The van der Waals surface area contributed by atoms with Gasteiger partial charge in [-0.3, -0.25) is 4.90 Å². The Morgan fingerprint density at radius 2 is 1.97 bits per heavy atom. The van der Waals surface area contributed by atoms with Crippen LogP contribution in [-0.4, -0.2) is 73.3 Å². The zero-order valence-corrected chi connectivity index (χ0v) is 24.2. The van der Waals surface area contributed by atoms with E-state index in [4.69, 9.17) is 32.7 Å². The van der Waals surface area contributed by atoms with Crippen LogP contribution in [0.4, 0.5) is 0 Å². The van der Waals surface area contributed by atoms with Gasteiger partial charge in [-0.05, 0) is 77.2 Å². The van der Waals surface area contributed by atoms with Crippen LogP contribution in [0.2, 0.25) is 10.0 Å². The van der Waals surface area contributed by atoms with Gasteiger partial charge in [0.1, 0.15) is 11.4 Å². The highest BCUT2D eigenvalue weighted by molar-refractivity contribution is 6.39. The van der Waals surface area contributed by atoms with Crippen LogP contribution in [0.25, 0.3) is 10.9 Å². The van der Waals surface area contributed by atoms with Crippen LogP contribution in [0.5, 0.6) is 5.75 Å². The summed E-state index contributed by atoms with van der Waals surface area (Å²) in [7, 11) is 7.76. The van der Waals surface area contributed by atoms with Crippen molar-refractivity contribution in [2.75, 3.05) is 41.4 Å². The predicted octanol–water partition coefficient (Wildman–Crippen LogP) is 5.71.